The van der Waals surface area contributed by atoms with E-state index in [1.165, 1.54) is 29.2 Å². The zero-order chi connectivity index (χ0) is 17.9. The van der Waals surface area contributed by atoms with E-state index in [1.807, 2.05) is 29.6 Å². The molecule has 0 aliphatic heterocycles. The molecule has 0 aliphatic rings. The fraction of sp³-hybridized carbons (Fsp3) is 0.176. The van der Waals surface area contributed by atoms with Crippen LogP contribution in [0.4, 0.5) is 13.2 Å². The Labute approximate surface area is 150 Å². The number of benzene rings is 1. The van der Waals surface area contributed by atoms with E-state index < -0.39 is 11.7 Å². The number of nitrogens with zero attached hydrogens (tertiary/aromatic N) is 2. The average Bonchev–Trinajstić information content (AvgIpc) is 3.09. The molecule has 25 heavy (non-hydrogen) atoms. The number of alkyl halides is 3. The van der Waals surface area contributed by atoms with Crippen molar-refractivity contribution in [1.82, 2.24) is 9.97 Å². The molecule has 8 heteroatoms. The lowest BCUT2D eigenvalue weighted by Gasteiger charge is -2.06. The smallest absolute Gasteiger partial charge is 0.417 e. The minimum Gasteiger partial charge on any atom is -0.497 e. The molecular weight excluding hydrogens is 369 g/mol. The number of aromatic nitrogens is 2. The maximum atomic E-state index is 12.5. The highest BCUT2D eigenvalue weighted by atomic mass is 32.2. The lowest BCUT2D eigenvalue weighted by Crippen LogP contribution is -2.05. The van der Waals surface area contributed by atoms with Gasteiger partial charge in [-0.2, -0.15) is 13.2 Å². The maximum Gasteiger partial charge on any atom is 0.417 e. The van der Waals surface area contributed by atoms with E-state index in [9.17, 15) is 13.2 Å². The third-order valence-corrected chi connectivity index (χ3v) is 5.22. The van der Waals surface area contributed by atoms with Gasteiger partial charge in [0.25, 0.3) is 0 Å². The van der Waals surface area contributed by atoms with Crippen LogP contribution in [0.5, 0.6) is 5.75 Å². The van der Waals surface area contributed by atoms with Gasteiger partial charge < -0.3 is 4.74 Å². The summed E-state index contributed by atoms with van der Waals surface area (Å²) in [6.07, 6.45) is -3.51. The molecule has 0 atom stereocenters. The van der Waals surface area contributed by atoms with Crippen molar-refractivity contribution in [1.29, 1.82) is 0 Å². The molecule has 2 heterocycles. The van der Waals surface area contributed by atoms with Crippen molar-refractivity contribution < 1.29 is 17.9 Å². The second-order valence-electron chi connectivity index (χ2n) is 5.05. The standard InChI is InChI=1S/C17H13F3N2OS2/c1-23-14-4-2-3-11(7-14)16-22-13(10-25-16)9-24-15-6-5-12(8-21-15)17(18,19)20/h2-8,10H,9H2,1H3. The first-order chi connectivity index (χ1) is 12.0. The molecule has 0 amide bonds. The molecule has 0 saturated heterocycles. The monoisotopic (exact) mass is 382 g/mol. The first-order valence-electron chi connectivity index (χ1n) is 7.20. The van der Waals surface area contributed by atoms with Crippen molar-refractivity contribution in [3.63, 3.8) is 0 Å². The predicted molar refractivity (Wildman–Crippen MR) is 92.9 cm³/mol. The van der Waals surface area contributed by atoms with Crippen molar-refractivity contribution in [3.8, 4) is 16.3 Å². The molecule has 0 bridgehead atoms. The van der Waals surface area contributed by atoms with Gasteiger partial charge in [0, 0.05) is 22.9 Å². The summed E-state index contributed by atoms with van der Waals surface area (Å²) in [5, 5.41) is 3.34. The summed E-state index contributed by atoms with van der Waals surface area (Å²) in [5.74, 6) is 1.30. The first-order valence-corrected chi connectivity index (χ1v) is 9.07. The third-order valence-electron chi connectivity index (χ3n) is 3.30. The van der Waals surface area contributed by atoms with Crippen LogP contribution in [0, 0.1) is 0 Å². The fourth-order valence-electron chi connectivity index (χ4n) is 2.04. The highest BCUT2D eigenvalue weighted by molar-refractivity contribution is 7.98. The second kappa shape index (κ2) is 7.45. The molecule has 0 aliphatic carbocycles. The van der Waals surface area contributed by atoms with Crippen LogP contribution >= 0.6 is 23.1 Å². The third kappa shape index (κ3) is 4.52. The van der Waals surface area contributed by atoms with Crippen molar-refractivity contribution >= 4 is 23.1 Å². The topological polar surface area (TPSA) is 35.0 Å². The van der Waals surface area contributed by atoms with Gasteiger partial charge in [-0.05, 0) is 24.3 Å². The van der Waals surface area contributed by atoms with Gasteiger partial charge in [0.05, 0.1) is 23.4 Å². The van der Waals surface area contributed by atoms with Crippen LogP contribution in [-0.2, 0) is 11.9 Å². The van der Waals surface area contributed by atoms with Crippen LogP contribution in [0.1, 0.15) is 11.3 Å². The summed E-state index contributed by atoms with van der Waals surface area (Å²) < 4.78 is 42.8. The van der Waals surface area contributed by atoms with E-state index in [-0.39, 0.29) is 0 Å². The summed E-state index contributed by atoms with van der Waals surface area (Å²) >= 11 is 2.86. The lowest BCUT2D eigenvalue weighted by molar-refractivity contribution is -0.137. The Kier molecular flexibility index (Phi) is 5.29. The van der Waals surface area contributed by atoms with Crippen LogP contribution in [0.15, 0.2) is 53.0 Å². The molecule has 1 aromatic carbocycles. The lowest BCUT2D eigenvalue weighted by atomic mass is 10.2. The van der Waals surface area contributed by atoms with E-state index in [1.54, 1.807) is 7.11 Å². The highest BCUT2D eigenvalue weighted by Crippen LogP contribution is 2.31. The highest BCUT2D eigenvalue weighted by Gasteiger charge is 2.30. The number of hydrogen-bond donors (Lipinski definition) is 0. The molecule has 0 radical (unpaired) electrons. The van der Waals surface area contributed by atoms with Crippen molar-refractivity contribution in [2.75, 3.05) is 7.11 Å². The Balaban J connectivity index is 1.65. The van der Waals surface area contributed by atoms with Gasteiger partial charge in [-0.1, -0.05) is 12.1 Å². The van der Waals surface area contributed by atoms with Crippen LogP contribution in [0.2, 0.25) is 0 Å². The van der Waals surface area contributed by atoms with Gasteiger partial charge >= 0.3 is 6.18 Å². The molecule has 3 rings (SSSR count). The number of halogens is 3. The molecule has 0 unspecified atom stereocenters. The maximum absolute atomic E-state index is 12.5. The quantitative estimate of drug-likeness (QED) is 0.544. The summed E-state index contributed by atoms with van der Waals surface area (Å²) in [7, 11) is 1.61. The van der Waals surface area contributed by atoms with E-state index in [4.69, 9.17) is 4.74 Å². The van der Waals surface area contributed by atoms with Crippen LogP contribution in [0.3, 0.4) is 0 Å². The van der Waals surface area contributed by atoms with Crippen LogP contribution < -0.4 is 4.74 Å². The van der Waals surface area contributed by atoms with E-state index in [0.717, 1.165) is 34.3 Å². The normalized spacial score (nSPS) is 11.5. The minimum absolute atomic E-state index is 0.531. The van der Waals surface area contributed by atoms with E-state index in [0.29, 0.717) is 10.8 Å². The zero-order valence-corrected chi connectivity index (χ0v) is 14.7. The van der Waals surface area contributed by atoms with Gasteiger partial charge in [-0.25, -0.2) is 9.97 Å². The number of thioether (sulfide) groups is 1. The zero-order valence-electron chi connectivity index (χ0n) is 13.1. The van der Waals surface area contributed by atoms with Gasteiger partial charge in [-0.3, -0.25) is 0 Å². The van der Waals surface area contributed by atoms with Crippen LogP contribution in [-0.4, -0.2) is 17.1 Å². The summed E-state index contributed by atoms with van der Waals surface area (Å²) in [6, 6.07) is 10.0. The van der Waals surface area contributed by atoms with Gasteiger partial charge in [0.15, 0.2) is 0 Å². The molecule has 0 spiro atoms. The first kappa shape index (κ1) is 17.8. The molecule has 2 aromatic heterocycles. The number of methoxy groups -OCH3 is 1. The van der Waals surface area contributed by atoms with Gasteiger partial charge in [0.2, 0.25) is 0 Å². The molecule has 0 N–H and O–H groups in total. The Morgan fingerprint density at radius 2 is 2.04 bits per heavy atom. The summed E-state index contributed by atoms with van der Waals surface area (Å²) in [4.78, 5) is 8.41. The summed E-state index contributed by atoms with van der Waals surface area (Å²) in [5.41, 5.74) is 1.08. The second-order valence-corrected chi connectivity index (χ2v) is 6.90. The Hall–Kier alpha value is -2.06. The minimum atomic E-state index is -4.36. The number of ether oxygens (including phenoxy) is 1. The summed E-state index contributed by atoms with van der Waals surface area (Å²) in [6.45, 7) is 0. The molecule has 130 valence electrons. The Bertz CT molecular complexity index is 848. The fourth-order valence-corrected chi connectivity index (χ4v) is 3.70. The van der Waals surface area contributed by atoms with E-state index >= 15 is 0 Å². The van der Waals surface area contributed by atoms with Crippen molar-refractivity contribution in [3.05, 3.63) is 59.2 Å². The average molecular weight is 382 g/mol. The molecular formula is C17H13F3N2OS2. The Morgan fingerprint density at radius 1 is 1.20 bits per heavy atom. The Morgan fingerprint density at radius 3 is 2.72 bits per heavy atom. The van der Waals surface area contributed by atoms with Crippen molar-refractivity contribution in [2.45, 2.75) is 17.0 Å². The number of rotatable bonds is 5. The number of pyridine rings is 1. The van der Waals surface area contributed by atoms with Gasteiger partial charge in [0.1, 0.15) is 10.8 Å². The SMILES string of the molecule is COc1cccc(-c2nc(CSc3ccc(C(F)(F)F)cn3)cs2)c1. The molecule has 3 nitrogen and oxygen atoms in total. The van der Waals surface area contributed by atoms with Crippen LogP contribution in [0.25, 0.3) is 10.6 Å². The molecule has 3 aromatic rings. The predicted octanol–water partition coefficient (Wildman–Crippen LogP) is 5.52. The largest absolute Gasteiger partial charge is 0.497 e. The molecule has 0 fully saturated rings. The molecule has 0 saturated carbocycles. The number of thiazole rings is 1. The van der Waals surface area contributed by atoms with Gasteiger partial charge in [-0.15, -0.1) is 23.1 Å². The van der Waals surface area contributed by atoms with Crippen molar-refractivity contribution in [2.24, 2.45) is 0 Å². The van der Waals surface area contributed by atoms with E-state index in [2.05, 4.69) is 9.97 Å². The number of hydrogen-bond acceptors (Lipinski definition) is 5.